The Morgan fingerprint density at radius 1 is 1.10 bits per heavy atom. The van der Waals surface area contributed by atoms with Crippen LogP contribution in [0.25, 0.3) is 16.9 Å². The van der Waals surface area contributed by atoms with E-state index in [0.29, 0.717) is 30.6 Å². The normalized spacial score (nSPS) is 19.6. The van der Waals surface area contributed by atoms with Crippen molar-refractivity contribution in [1.29, 1.82) is 0 Å². The topological polar surface area (TPSA) is 103 Å². The first kappa shape index (κ1) is 19.6. The van der Waals surface area contributed by atoms with Gasteiger partial charge in [-0.05, 0) is 50.2 Å². The van der Waals surface area contributed by atoms with Crippen molar-refractivity contribution in [3.63, 3.8) is 0 Å². The van der Waals surface area contributed by atoms with Crippen molar-refractivity contribution < 1.29 is 4.74 Å². The Bertz CT molecular complexity index is 930. The van der Waals surface area contributed by atoms with Crippen molar-refractivity contribution in [3.05, 3.63) is 30.7 Å². The van der Waals surface area contributed by atoms with Crippen LogP contribution in [0.1, 0.15) is 46.0 Å². The Morgan fingerprint density at radius 2 is 1.86 bits per heavy atom. The number of anilines is 1. The molecule has 1 aliphatic carbocycles. The molecule has 1 saturated carbocycles. The van der Waals surface area contributed by atoms with E-state index in [1.165, 1.54) is 0 Å². The SMILES string of the molecule is CC(C)CCOc1ncc(-c2cnc3ccc(NC4CCC(N)CC4)nn23)cn1. The molecule has 0 amide bonds. The molecular formula is C21H29N7O. The third-order valence-electron chi connectivity index (χ3n) is 5.34. The van der Waals surface area contributed by atoms with E-state index in [4.69, 9.17) is 15.6 Å². The van der Waals surface area contributed by atoms with Crippen molar-refractivity contribution in [2.24, 2.45) is 11.7 Å². The van der Waals surface area contributed by atoms with Gasteiger partial charge in [-0.3, -0.25) is 0 Å². The lowest BCUT2D eigenvalue weighted by Gasteiger charge is -2.27. The van der Waals surface area contributed by atoms with E-state index in [-0.39, 0.29) is 0 Å². The van der Waals surface area contributed by atoms with Gasteiger partial charge in [-0.25, -0.2) is 19.5 Å². The number of rotatable bonds is 7. The number of fused-ring (bicyclic) bond motifs is 1. The number of nitrogens with one attached hydrogen (secondary N) is 1. The van der Waals surface area contributed by atoms with Crippen LogP contribution in [0, 0.1) is 5.92 Å². The summed E-state index contributed by atoms with van der Waals surface area (Å²) in [6, 6.07) is 5.09. The first-order valence-electron chi connectivity index (χ1n) is 10.4. The molecule has 0 aromatic carbocycles. The highest BCUT2D eigenvalue weighted by Crippen LogP contribution is 2.23. The second kappa shape index (κ2) is 8.73. The second-order valence-corrected chi connectivity index (χ2v) is 8.17. The Kier molecular flexibility index (Phi) is 5.89. The summed E-state index contributed by atoms with van der Waals surface area (Å²) in [6.45, 7) is 4.95. The lowest BCUT2D eigenvalue weighted by atomic mass is 9.92. The van der Waals surface area contributed by atoms with Crippen LogP contribution in [0.2, 0.25) is 0 Å². The zero-order chi connectivity index (χ0) is 20.2. The summed E-state index contributed by atoms with van der Waals surface area (Å²) in [4.78, 5) is 13.1. The molecule has 8 heteroatoms. The summed E-state index contributed by atoms with van der Waals surface area (Å²) >= 11 is 0. The number of aromatic nitrogens is 5. The summed E-state index contributed by atoms with van der Waals surface area (Å²) in [5.41, 5.74) is 8.49. The quantitative estimate of drug-likeness (QED) is 0.632. The number of imidazole rings is 1. The molecule has 1 fully saturated rings. The van der Waals surface area contributed by atoms with Gasteiger partial charge in [-0.2, -0.15) is 0 Å². The molecule has 4 rings (SSSR count). The van der Waals surface area contributed by atoms with Crippen LogP contribution in [-0.4, -0.2) is 43.3 Å². The van der Waals surface area contributed by atoms with Gasteiger partial charge in [-0.15, -0.1) is 5.10 Å². The molecule has 0 saturated heterocycles. The zero-order valence-corrected chi connectivity index (χ0v) is 17.1. The molecule has 3 heterocycles. The van der Waals surface area contributed by atoms with Crippen LogP contribution >= 0.6 is 0 Å². The predicted octanol–water partition coefficient (Wildman–Crippen LogP) is 3.29. The molecule has 3 aromatic heterocycles. The van der Waals surface area contributed by atoms with Crippen LogP contribution in [0.5, 0.6) is 6.01 Å². The van der Waals surface area contributed by atoms with Gasteiger partial charge in [-0.1, -0.05) is 13.8 Å². The van der Waals surface area contributed by atoms with Gasteiger partial charge in [0.1, 0.15) is 5.82 Å². The fourth-order valence-corrected chi connectivity index (χ4v) is 3.53. The maximum absolute atomic E-state index is 6.01. The molecule has 0 radical (unpaired) electrons. The molecule has 29 heavy (non-hydrogen) atoms. The van der Waals surface area contributed by atoms with Crippen LogP contribution in [0.4, 0.5) is 5.82 Å². The second-order valence-electron chi connectivity index (χ2n) is 8.17. The highest BCUT2D eigenvalue weighted by atomic mass is 16.5. The highest BCUT2D eigenvalue weighted by molar-refractivity contribution is 5.62. The summed E-state index contributed by atoms with van der Waals surface area (Å²) in [6.07, 6.45) is 10.5. The smallest absolute Gasteiger partial charge is 0.316 e. The van der Waals surface area contributed by atoms with Gasteiger partial charge in [0.2, 0.25) is 0 Å². The van der Waals surface area contributed by atoms with Crippen LogP contribution < -0.4 is 15.8 Å². The Labute approximate surface area is 170 Å². The van der Waals surface area contributed by atoms with Crippen molar-refractivity contribution in [1.82, 2.24) is 24.6 Å². The molecule has 1 aliphatic rings. The van der Waals surface area contributed by atoms with Crippen molar-refractivity contribution in [3.8, 4) is 17.3 Å². The lowest BCUT2D eigenvalue weighted by molar-refractivity contribution is 0.268. The highest BCUT2D eigenvalue weighted by Gasteiger charge is 2.19. The number of hydrogen-bond acceptors (Lipinski definition) is 7. The zero-order valence-electron chi connectivity index (χ0n) is 17.1. The molecule has 8 nitrogen and oxygen atoms in total. The van der Waals surface area contributed by atoms with E-state index in [0.717, 1.165) is 54.8 Å². The average molecular weight is 396 g/mol. The fraction of sp³-hybridized carbons (Fsp3) is 0.524. The van der Waals surface area contributed by atoms with E-state index in [9.17, 15) is 0 Å². The van der Waals surface area contributed by atoms with Gasteiger partial charge in [0.15, 0.2) is 5.65 Å². The van der Waals surface area contributed by atoms with Gasteiger partial charge >= 0.3 is 6.01 Å². The fourth-order valence-electron chi connectivity index (χ4n) is 3.53. The summed E-state index contributed by atoms with van der Waals surface area (Å²) < 4.78 is 7.44. The molecule has 154 valence electrons. The average Bonchev–Trinajstić information content (AvgIpc) is 3.13. The maximum Gasteiger partial charge on any atom is 0.316 e. The minimum atomic E-state index is 0.334. The lowest BCUT2D eigenvalue weighted by Crippen LogP contribution is -2.33. The molecule has 3 aromatic rings. The molecule has 0 spiro atoms. The van der Waals surface area contributed by atoms with Gasteiger partial charge in [0, 0.05) is 30.0 Å². The molecule has 0 atom stereocenters. The van der Waals surface area contributed by atoms with Crippen molar-refractivity contribution in [2.75, 3.05) is 11.9 Å². The number of hydrogen-bond donors (Lipinski definition) is 2. The molecule has 0 unspecified atom stereocenters. The minimum absolute atomic E-state index is 0.334. The number of nitrogens with zero attached hydrogens (tertiary/aromatic N) is 5. The van der Waals surface area contributed by atoms with Gasteiger partial charge in [0.25, 0.3) is 0 Å². The van der Waals surface area contributed by atoms with Crippen LogP contribution in [0.15, 0.2) is 30.7 Å². The standard InChI is InChI=1S/C21H29N7O/c1-14(2)9-10-29-21-24-11-15(12-25-21)18-13-23-20-8-7-19(27-28(18)20)26-17-5-3-16(22)4-6-17/h7-8,11-14,16-17H,3-6,9-10,22H2,1-2H3,(H,26,27). The van der Waals surface area contributed by atoms with Crippen molar-refractivity contribution >= 4 is 11.5 Å². The molecule has 0 bridgehead atoms. The summed E-state index contributed by atoms with van der Waals surface area (Å²) in [7, 11) is 0. The third kappa shape index (κ3) is 4.82. The minimum Gasteiger partial charge on any atom is -0.463 e. The Balaban J connectivity index is 1.48. The Morgan fingerprint density at radius 3 is 2.59 bits per heavy atom. The van der Waals surface area contributed by atoms with E-state index in [1.807, 2.05) is 16.6 Å². The molecule has 0 aliphatic heterocycles. The molecular weight excluding hydrogens is 366 g/mol. The summed E-state index contributed by atoms with van der Waals surface area (Å²) in [5.74, 6) is 1.43. The predicted molar refractivity (Wildman–Crippen MR) is 113 cm³/mol. The van der Waals surface area contributed by atoms with E-state index in [2.05, 4.69) is 34.1 Å². The van der Waals surface area contributed by atoms with Gasteiger partial charge < -0.3 is 15.8 Å². The van der Waals surface area contributed by atoms with E-state index in [1.54, 1.807) is 18.6 Å². The monoisotopic (exact) mass is 395 g/mol. The van der Waals surface area contributed by atoms with E-state index < -0.39 is 0 Å². The largest absolute Gasteiger partial charge is 0.463 e. The van der Waals surface area contributed by atoms with E-state index >= 15 is 0 Å². The van der Waals surface area contributed by atoms with Crippen LogP contribution in [0.3, 0.4) is 0 Å². The molecule has 3 N–H and O–H groups in total. The Hall–Kier alpha value is -2.74. The first-order valence-corrected chi connectivity index (χ1v) is 10.4. The maximum atomic E-state index is 6.01. The number of nitrogens with two attached hydrogens (primary N) is 1. The first-order chi connectivity index (χ1) is 14.1. The third-order valence-corrected chi connectivity index (χ3v) is 5.34. The van der Waals surface area contributed by atoms with Crippen LogP contribution in [-0.2, 0) is 0 Å². The number of ether oxygens (including phenoxy) is 1. The van der Waals surface area contributed by atoms with Gasteiger partial charge in [0.05, 0.1) is 18.5 Å². The summed E-state index contributed by atoms with van der Waals surface area (Å²) in [5, 5.41) is 8.28. The van der Waals surface area contributed by atoms with Crippen molar-refractivity contribution in [2.45, 2.75) is 58.0 Å².